The Morgan fingerprint density at radius 2 is 1.73 bits per heavy atom. The van der Waals surface area contributed by atoms with Crippen molar-refractivity contribution in [3.05, 3.63) is 97.9 Å². The molecule has 4 aromatic rings. The van der Waals surface area contributed by atoms with Gasteiger partial charge in [0, 0.05) is 27.1 Å². The first kappa shape index (κ1) is 27.1. The third-order valence-electron chi connectivity index (χ3n) is 6.90. The topological polar surface area (TPSA) is 118 Å². The fourth-order valence-electron chi connectivity index (χ4n) is 5.08. The molecule has 1 fully saturated rings. The number of nitrogens with zero attached hydrogens (tertiary/aromatic N) is 1. The summed E-state index contributed by atoms with van der Waals surface area (Å²) in [7, 11) is 1.54. The predicted molar refractivity (Wildman–Crippen MR) is 157 cm³/mol. The number of fused-ring (bicyclic) bond motifs is 2. The first-order chi connectivity index (χ1) is 19.8. The monoisotopic (exact) mass is 607 g/mol. The van der Waals surface area contributed by atoms with Crippen LogP contribution in [0.3, 0.4) is 0 Å². The Morgan fingerprint density at radius 3 is 2.46 bits per heavy atom. The molecule has 0 spiro atoms. The lowest BCUT2D eigenvalue weighted by molar-refractivity contribution is -0.122. The zero-order valence-corrected chi connectivity index (χ0v) is 23.8. The number of nitrogens with one attached hydrogen (secondary N) is 2. The Hall–Kier alpha value is -4.06. The van der Waals surface area contributed by atoms with Crippen LogP contribution in [0.2, 0.25) is 5.02 Å². The summed E-state index contributed by atoms with van der Waals surface area (Å²) in [5.41, 5.74) is 1.62. The third kappa shape index (κ3) is 5.12. The fourth-order valence-corrected chi connectivity index (χ4v) is 7.71. The molecule has 2 aliphatic heterocycles. The Balaban J connectivity index is 1.33. The van der Waals surface area contributed by atoms with E-state index in [1.54, 1.807) is 72.8 Å². The lowest BCUT2D eigenvalue weighted by Crippen LogP contribution is -2.32. The summed E-state index contributed by atoms with van der Waals surface area (Å²) in [5.74, 6) is -1.57. The highest BCUT2D eigenvalue weighted by atomic mass is 35.5. The van der Waals surface area contributed by atoms with Gasteiger partial charge in [-0.3, -0.25) is 19.2 Å². The highest BCUT2D eigenvalue weighted by molar-refractivity contribution is 8.00. The number of thioether (sulfide) groups is 1. The van der Waals surface area contributed by atoms with Crippen molar-refractivity contribution in [2.75, 3.05) is 23.9 Å². The molecule has 0 aliphatic carbocycles. The Morgan fingerprint density at radius 1 is 1.00 bits per heavy atom. The number of carbonyl (C=O) groups is 3. The summed E-state index contributed by atoms with van der Waals surface area (Å²) in [5, 5.41) is 3.10. The number of imide groups is 1. The molecule has 6 rings (SSSR count). The minimum Gasteiger partial charge on any atom is -0.497 e. The van der Waals surface area contributed by atoms with E-state index in [9.17, 15) is 19.2 Å². The second kappa shape index (κ2) is 11.1. The second-order valence-electron chi connectivity index (χ2n) is 9.34. The van der Waals surface area contributed by atoms with Gasteiger partial charge in [0.25, 0.3) is 5.91 Å². The smallest absolute Gasteiger partial charge is 0.305 e. The average molecular weight is 608 g/mol. The number of aromatic nitrogens is 1. The van der Waals surface area contributed by atoms with Gasteiger partial charge < -0.3 is 19.8 Å². The molecule has 3 atom stereocenters. The number of methoxy groups -OCH3 is 1. The molecule has 0 saturated carbocycles. The number of benzene rings is 3. The molecule has 3 unspecified atom stereocenters. The van der Waals surface area contributed by atoms with Crippen LogP contribution in [0.5, 0.6) is 11.5 Å². The Labute approximate surface area is 247 Å². The largest absolute Gasteiger partial charge is 0.497 e. The van der Waals surface area contributed by atoms with Crippen LogP contribution in [0.15, 0.2) is 82.6 Å². The number of carbonyl (C=O) groups excluding carboxylic acids is 3. The van der Waals surface area contributed by atoms with Crippen molar-refractivity contribution in [1.29, 1.82) is 0 Å². The first-order valence-electron chi connectivity index (χ1n) is 12.5. The van der Waals surface area contributed by atoms with E-state index in [2.05, 4.69) is 10.3 Å². The molecular formula is C29H22ClN3O6S2. The number of thiazole rings is 1. The molecule has 2 aliphatic rings. The molecule has 3 heterocycles. The molecule has 0 radical (unpaired) electrons. The number of para-hydroxylation sites is 1. The third-order valence-corrected chi connectivity index (χ3v) is 9.55. The van der Waals surface area contributed by atoms with E-state index in [0.29, 0.717) is 43.4 Å². The quantitative estimate of drug-likeness (QED) is 0.287. The molecule has 1 saturated heterocycles. The second-order valence-corrected chi connectivity index (χ2v) is 11.9. The van der Waals surface area contributed by atoms with Gasteiger partial charge in [-0.05, 0) is 54.6 Å². The van der Waals surface area contributed by atoms with Gasteiger partial charge in [-0.2, -0.15) is 0 Å². The number of rotatable bonds is 7. The highest BCUT2D eigenvalue weighted by Gasteiger charge is 2.56. The molecule has 1 aromatic heterocycles. The normalized spacial score (nSPS) is 19.5. The van der Waals surface area contributed by atoms with Crippen LogP contribution < -0.4 is 24.6 Å². The average Bonchev–Trinajstić information content (AvgIpc) is 3.47. The van der Waals surface area contributed by atoms with E-state index in [1.807, 2.05) is 0 Å². The molecule has 0 bridgehead atoms. The van der Waals surface area contributed by atoms with Crippen LogP contribution in [0.4, 0.5) is 11.4 Å². The van der Waals surface area contributed by atoms with E-state index in [-0.39, 0.29) is 29.2 Å². The molecule has 3 amide bonds. The number of hydrogen-bond donors (Lipinski definition) is 2. The van der Waals surface area contributed by atoms with Crippen molar-refractivity contribution in [2.24, 2.45) is 5.92 Å². The van der Waals surface area contributed by atoms with Gasteiger partial charge in [-0.25, -0.2) is 4.90 Å². The number of halogens is 1. The zero-order chi connectivity index (χ0) is 28.7. The van der Waals surface area contributed by atoms with E-state index >= 15 is 0 Å². The number of aromatic amines is 1. The molecule has 9 nitrogen and oxygen atoms in total. The SMILES string of the molecule is COc1ccc(N2C(=O)C3Sc4[nH]c(=O)sc4C(c4ccccc4OCC(=O)Nc4ccc(Cl)cc4)C3C2=O)cc1. The molecule has 3 aromatic carbocycles. The van der Waals surface area contributed by atoms with Crippen LogP contribution in [0.1, 0.15) is 16.4 Å². The summed E-state index contributed by atoms with van der Waals surface area (Å²) in [4.78, 5) is 57.1. The maximum absolute atomic E-state index is 14.0. The first-order valence-corrected chi connectivity index (χ1v) is 14.6. The standard InChI is InChI=1S/C29H22ClN3O6S2/c1-38-18-12-10-17(11-13-18)33-27(35)23-22(24-26(32-29(37)41-24)40-25(23)28(33)36)19-4-2-3-5-20(19)39-14-21(34)31-16-8-6-15(30)7-9-16/h2-13,22-23,25H,14H2,1H3,(H,31,34)(H,32,37). The summed E-state index contributed by atoms with van der Waals surface area (Å²) in [6.07, 6.45) is 0. The number of anilines is 2. The van der Waals surface area contributed by atoms with Gasteiger partial charge in [0.2, 0.25) is 11.8 Å². The van der Waals surface area contributed by atoms with Crippen molar-refractivity contribution in [1.82, 2.24) is 4.98 Å². The Bertz CT molecular complexity index is 1700. The summed E-state index contributed by atoms with van der Waals surface area (Å²) in [6.45, 7) is -0.295. The molecular weight excluding hydrogens is 586 g/mol. The molecule has 2 N–H and O–H groups in total. The molecule has 12 heteroatoms. The van der Waals surface area contributed by atoms with Crippen molar-refractivity contribution in [3.63, 3.8) is 0 Å². The van der Waals surface area contributed by atoms with Crippen LogP contribution >= 0.6 is 34.7 Å². The van der Waals surface area contributed by atoms with Crippen molar-refractivity contribution >= 4 is 63.8 Å². The van der Waals surface area contributed by atoms with E-state index in [0.717, 1.165) is 11.3 Å². The zero-order valence-electron chi connectivity index (χ0n) is 21.5. The van der Waals surface area contributed by atoms with Gasteiger partial charge in [-0.1, -0.05) is 52.9 Å². The molecule has 41 heavy (non-hydrogen) atoms. The van der Waals surface area contributed by atoms with Gasteiger partial charge in [-0.15, -0.1) is 0 Å². The number of ether oxygens (including phenoxy) is 2. The predicted octanol–water partition coefficient (Wildman–Crippen LogP) is 4.91. The van der Waals surface area contributed by atoms with Gasteiger partial charge in [0.05, 0.1) is 23.7 Å². The number of hydrogen-bond acceptors (Lipinski definition) is 8. The van der Waals surface area contributed by atoms with E-state index < -0.39 is 17.1 Å². The summed E-state index contributed by atoms with van der Waals surface area (Å²) >= 11 is 8.12. The number of H-pyrrole nitrogens is 1. The summed E-state index contributed by atoms with van der Waals surface area (Å²) in [6, 6.07) is 20.5. The van der Waals surface area contributed by atoms with Crippen LogP contribution in [0, 0.1) is 5.92 Å². The lowest BCUT2D eigenvalue weighted by Gasteiger charge is -2.30. The van der Waals surface area contributed by atoms with Gasteiger partial charge in [0.1, 0.15) is 16.7 Å². The van der Waals surface area contributed by atoms with Crippen LogP contribution in [0.25, 0.3) is 0 Å². The minimum atomic E-state index is -0.791. The van der Waals surface area contributed by atoms with Gasteiger partial charge >= 0.3 is 4.87 Å². The Kier molecular flexibility index (Phi) is 7.33. The van der Waals surface area contributed by atoms with Crippen molar-refractivity contribution in [2.45, 2.75) is 16.2 Å². The summed E-state index contributed by atoms with van der Waals surface area (Å²) < 4.78 is 11.2. The van der Waals surface area contributed by atoms with Crippen LogP contribution in [-0.2, 0) is 14.4 Å². The lowest BCUT2D eigenvalue weighted by atomic mass is 9.82. The maximum atomic E-state index is 14.0. The molecule has 208 valence electrons. The van der Waals surface area contributed by atoms with E-state index in [4.69, 9.17) is 21.1 Å². The van der Waals surface area contributed by atoms with Gasteiger partial charge in [0.15, 0.2) is 6.61 Å². The van der Waals surface area contributed by atoms with Crippen molar-refractivity contribution in [3.8, 4) is 11.5 Å². The van der Waals surface area contributed by atoms with Crippen molar-refractivity contribution < 1.29 is 23.9 Å². The fraction of sp³-hybridized carbons (Fsp3) is 0.172. The highest BCUT2D eigenvalue weighted by Crippen LogP contribution is 2.54. The minimum absolute atomic E-state index is 0.278. The van der Waals surface area contributed by atoms with Crippen LogP contribution in [-0.4, -0.2) is 41.7 Å². The maximum Gasteiger partial charge on any atom is 0.305 e. The van der Waals surface area contributed by atoms with E-state index in [1.165, 1.54) is 23.8 Å². The number of amides is 3.